The molecule has 5 nitrogen and oxygen atoms in total. The van der Waals surface area contributed by atoms with Crippen molar-refractivity contribution >= 4 is 11.8 Å². The van der Waals surface area contributed by atoms with Gasteiger partial charge >= 0.3 is 0 Å². The van der Waals surface area contributed by atoms with Crippen LogP contribution in [0.1, 0.15) is 23.5 Å². The maximum absolute atomic E-state index is 13.1. The molecule has 152 valence electrons. The van der Waals surface area contributed by atoms with Crippen molar-refractivity contribution in [3.05, 3.63) is 65.5 Å². The summed E-state index contributed by atoms with van der Waals surface area (Å²) in [5, 5.41) is 0. The number of carbonyl (C=O) groups is 2. The number of benzene rings is 2. The van der Waals surface area contributed by atoms with Crippen LogP contribution in [-0.2, 0) is 16.0 Å². The average Bonchev–Trinajstić information content (AvgIpc) is 3.55. The molecule has 2 aromatic rings. The number of carbonyl (C=O) groups excluding carboxylic acids is 2. The highest BCUT2D eigenvalue weighted by atomic mass is 19.1. The van der Waals surface area contributed by atoms with Gasteiger partial charge in [0.25, 0.3) is 0 Å². The first-order chi connectivity index (χ1) is 14.0. The van der Waals surface area contributed by atoms with E-state index in [4.69, 9.17) is 4.74 Å². The molecule has 1 saturated heterocycles. The Bertz CT molecular complexity index is 891. The minimum Gasteiger partial charge on any atom is -0.497 e. The van der Waals surface area contributed by atoms with Crippen molar-refractivity contribution in [3.63, 3.8) is 0 Å². The Kier molecular flexibility index (Phi) is 5.51. The summed E-state index contributed by atoms with van der Waals surface area (Å²) in [6.07, 6.45) is 1.15. The van der Waals surface area contributed by atoms with E-state index in [1.54, 1.807) is 19.2 Å². The molecule has 0 bridgehead atoms. The van der Waals surface area contributed by atoms with Gasteiger partial charge in [-0.25, -0.2) is 4.39 Å². The molecule has 0 spiro atoms. The Morgan fingerprint density at radius 1 is 1.03 bits per heavy atom. The van der Waals surface area contributed by atoms with E-state index in [1.165, 1.54) is 12.1 Å². The second-order valence-corrected chi connectivity index (χ2v) is 7.73. The number of ether oxygens (including phenoxy) is 1. The Morgan fingerprint density at radius 3 is 2.41 bits per heavy atom. The number of rotatable bonds is 5. The number of halogens is 1. The molecule has 2 atom stereocenters. The van der Waals surface area contributed by atoms with Crippen molar-refractivity contribution < 1.29 is 18.7 Å². The molecule has 1 aliphatic carbocycles. The predicted octanol–water partition coefficient (Wildman–Crippen LogP) is 2.85. The van der Waals surface area contributed by atoms with Crippen LogP contribution < -0.4 is 4.74 Å². The minimum atomic E-state index is -0.257. The van der Waals surface area contributed by atoms with Crippen LogP contribution in [0.25, 0.3) is 0 Å². The second-order valence-electron chi connectivity index (χ2n) is 7.73. The molecule has 2 amide bonds. The van der Waals surface area contributed by atoms with Crippen molar-refractivity contribution in [1.29, 1.82) is 0 Å². The zero-order chi connectivity index (χ0) is 20.4. The molecule has 29 heavy (non-hydrogen) atoms. The minimum absolute atomic E-state index is 0.0144. The fourth-order valence-electron chi connectivity index (χ4n) is 4.03. The number of amides is 2. The smallest absolute Gasteiger partial charge is 0.227 e. The molecular formula is C23H25FN2O3. The number of piperazine rings is 1. The molecule has 0 aromatic heterocycles. The van der Waals surface area contributed by atoms with Crippen LogP contribution in [0.3, 0.4) is 0 Å². The van der Waals surface area contributed by atoms with Crippen molar-refractivity contribution in [1.82, 2.24) is 9.80 Å². The lowest BCUT2D eigenvalue weighted by Gasteiger charge is -2.35. The van der Waals surface area contributed by atoms with Gasteiger partial charge in [0.05, 0.1) is 13.5 Å². The Morgan fingerprint density at radius 2 is 1.72 bits per heavy atom. The quantitative estimate of drug-likeness (QED) is 0.781. The van der Waals surface area contributed by atoms with Crippen molar-refractivity contribution in [3.8, 4) is 5.75 Å². The first-order valence-corrected chi connectivity index (χ1v) is 10.00. The summed E-state index contributed by atoms with van der Waals surface area (Å²) < 4.78 is 18.3. The molecule has 2 unspecified atom stereocenters. The van der Waals surface area contributed by atoms with Gasteiger partial charge in [0.1, 0.15) is 11.6 Å². The van der Waals surface area contributed by atoms with E-state index in [1.807, 2.05) is 34.1 Å². The van der Waals surface area contributed by atoms with Gasteiger partial charge in [-0.1, -0.05) is 24.3 Å². The third-order valence-electron chi connectivity index (χ3n) is 5.84. The summed E-state index contributed by atoms with van der Waals surface area (Å²) in [4.78, 5) is 29.1. The van der Waals surface area contributed by atoms with Gasteiger partial charge in [0, 0.05) is 32.1 Å². The lowest BCUT2D eigenvalue weighted by Crippen LogP contribution is -2.51. The molecule has 1 aliphatic heterocycles. The van der Waals surface area contributed by atoms with Gasteiger partial charge in [-0.15, -0.1) is 0 Å². The molecule has 0 N–H and O–H groups in total. The summed E-state index contributed by atoms with van der Waals surface area (Å²) in [6, 6.07) is 14.0. The van der Waals surface area contributed by atoms with Crippen molar-refractivity contribution in [2.24, 2.45) is 5.92 Å². The van der Waals surface area contributed by atoms with E-state index in [9.17, 15) is 14.0 Å². The van der Waals surface area contributed by atoms with Gasteiger partial charge in [-0.05, 0) is 47.7 Å². The molecule has 0 radical (unpaired) electrons. The summed E-state index contributed by atoms with van der Waals surface area (Å²) in [7, 11) is 1.61. The molecule has 1 saturated carbocycles. The number of hydrogen-bond acceptors (Lipinski definition) is 3. The Hall–Kier alpha value is -2.89. The van der Waals surface area contributed by atoms with Gasteiger partial charge in [0.15, 0.2) is 0 Å². The topological polar surface area (TPSA) is 49.9 Å². The molecule has 6 heteroatoms. The maximum Gasteiger partial charge on any atom is 0.227 e. The third-order valence-corrected chi connectivity index (χ3v) is 5.84. The van der Waals surface area contributed by atoms with Crippen LogP contribution in [0.4, 0.5) is 4.39 Å². The van der Waals surface area contributed by atoms with Gasteiger partial charge in [-0.2, -0.15) is 0 Å². The molecular weight excluding hydrogens is 371 g/mol. The first kappa shape index (κ1) is 19.4. The van der Waals surface area contributed by atoms with Gasteiger partial charge < -0.3 is 14.5 Å². The largest absolute Gasteiger partial charge is 0.497 e. The van der Waals surface area contributed by atoms with Gasteiger partial charge in [0.2, 0.25) is 11.8 Å². The van der Waals surface area contributed by atoms with E-state index in [0.717, 1.165) is 23.3 Å². The van der Waals surface area contributed by atoms with E-state index >= 15 is 0 Å². The molecule has 2 fully saturated rings. The zero-order valence-electron chi connectivity index (χ0n) is 16.5. The second kappa shape index (κ2) is 8.23. The predicted molar refractivity (Wildman–Crippen MR) is 107 cm³/mol. The number of nitrogens with zero attached hydrogens (tertiary/aromatic N) is 2. The molecule has 1 heterocycles. The standard InChI is InChI=1S/C23H25FN2O3/c1-29-19-4-2-3-16(13-19)14-22(27)25-9-11-26(12-10-25)23(28)21-15-20(21)17-5-7-18(24)8-6-17/h2-8,13,20-21H,9-12,14-15H2,1H3. The molecule has 4 rings (SSSR count). The average molecular weight is 396 g/mol. The van der Waals surface area contributed by atoms with Crippen LogP contribution in [0, 0.1) is 11.7 Å². The fourth-order valence-corrected chi connectivity index (χ4v) is 4.03. The van der Waals surface area contributed by atoms with Gasteiger partial charge in [-0.3, -0.25) is 9.59 Å². The highest BCUT2D eigenvalue weighted by Crippen LogP contribution is 2.48. The van der Waals surface area contributed by atoms with Crippen LogP contribution >= 0.6 is 0 Å². The third kappa shape index (κ3) is 4.42. The number of methoxy groups -OCH3 is 1. The summed E-state index contributed by atoms with van der Waals surface area (Å²) >= 11 is 0. The van der Waals surface area contributed by atoms with Crippen LogP contribution in [-0.4, -0.2) is 54.9 Å². The lowest BCUT2D eigenvalue weighted by atomic mass is 10.1. The van der Waals surface area contributed by atoms with Crippen molar-refractivity contribution in [2.75, 3.05) is 33.3 Å². The SMILES string of the molecule is COc1cccc(CC(=O)N2CCN(C(=O)C3CC3c3ccc(F)cc3)CC2)c1. The highest BCUT2D eigenvalue weighted by molar-refractivity contribution is 5.84. The Balaban J connectivity index is 1.27. The van der Waals surface area contributed by atoms with Crippen molar-refractivity contribution in [2.45, 2.75) is 18.8 Å². The fraction of sp³-hybridized carbons (Fsp3) is 0.391. The molecule has 2 aromatic carbocycles. The van der Waals surface area contributed by atoms with E-state index in [-0.39, 0.29) is 29.5 Å². The van der Waals surface area contributed by atoms with E-state index in [0.29, 0.717) is 32.6 Å². The highest BCUT2D eigenvalue weighted by Gasteiger charge is 2.46. The monoisotopic (exact) mass is 396 g/mol. The zero-order valence-corrected chi connectivity index (χ0v) is 16.5. The Labute approximate surface area is 170 Å². The van der Waals surface area contributed by atoms with Crippen LogP contribution in [0.2, 0.25) is 0 Å². The first-order valence-electron chi connectivity index (χ1n) is 10.00. The maximum atomic E-state index is 13.1. The molecule has 2 aliphatic rings. The summed E-state index contributed by atoms with van der Waals surface area (Å²) in [5.41, 5.74) is 1.95. The lowest BCUT2D eigenvalue weighted by molar-refractivity contribution is -0.140. The summed E-state index contributed by atoms with van der Waals surface area (Å²) in [5.74, 6) is 0.883. The van der Waals surface area contributed by atoms with Crippen LogP contribution in [0.5, 0.6) is 5.75 Å². The van der Waals surface area contributed by atoms with E-state index in [2.05, 4.69) is 0 Å². The van der Waals surface area contributed by atoms with E-state index < -0.39 is 0 Å². The van der Waals surface area contributed by atoms with Crippen LogP contribution in [0.15, 0.2) is 48.5 Å². The normalized spacial score (nSPS) is 21.0. The number of hydrogen-bond donors (Lipinski definition) is 0. The summed E-state index contributed by atoms with van der Waals surface area (Å²) in [6.45, 7) is 2.25.